The van der Waals surface area contributed by atoms with Crippen LogP contribution in [0.5, 0.6) is 0 Å². The van der Waals surface area contributed by atoms with Crippen molar-refractivity contribution in [2.45, 2.75) is 40.0 Å². The molecule has 6 heteroatoms. The van der Waals surface area contributed by atoms with E-state index in [0.717, 1.165) is 17.2 Å². The molecule has 110 valence electrons. The minimum absolute atomic E-state index is 0.0414. The van der Waals surface area contributed by atoms with Crippen molar-refractivity contribution in [3.05, 3.63) is 29.6 Å². The van der Waals surface area contributed by atoms with Crippen LogP contribution in [-0.4, -0.2) is 25.4 Å². The molecular formula is C15H19N5O. The molecule has 21 heavy (non-hydrogen) atoms. The van der Waals surface area contributed by atoms with Crippen molar-refractivity contribution >= 4 is 11.6 Å². The van der Waals surface area contributed by atoms with Crippen LogP contribution in [0.4, 0.5) is 5.69 Å². The molecule has 1 N–H and O–H groups in total. The fourth-order valence-corrected chi connectivity index (χ4v) is 2.37. The molecule has 1 saturated carbocycles. The van der Waals surface area contributed by atoms with E-state index in [1.807, 2.05) is 25.3 Å². The van der Waals surface area contributed by atoms with Gasteiger partial charge >= 0.3 is 0 Å². The van der Waals surface area contributed by atoms with Crippen molar-refractivity contribution < 1.29 is 4.79 Å². The third kappa shape index (κ3) is 2.94. The Hall–Kier alpha value is -2.24. The summed E-state index contributed by atoms with van der Waals surface area (Å²) in [5, 5.41) is 2.84. The molecule has 0 aromatic carbocycles. The van der Waals surface area contributed by atoms with Crippen molar-refractivity contribution in [2.24, 2.45) is 5.92 Å². The first kappa shape index (κ1) is 13.7. The average molecular weight is 285 g/mol. The van der Waals surface area contributed by atoms with E-state index in [1.54, 1.807) is 12.4 Å². The first-order valence-electron chi connectivity index (χ1n) is 7.19. The van der Waals surface area contributed by atoms with E-state index in [4.69, 9.17) is 0 Å². The number of rotatable bonds is 4. The average Bonchev–Trinajstić information content (AvgIpc) is 3.20. The maximum absolute atomic E-state index is 11.7. The molecule has 2 aromatic heterocycles. The first-order chi connectivity index (χ1) is 10.0. The molecule has 1 fully saturated rings. The number of aryl methyl sites for hydroxylation is 2. The normalized spacial score (nSPS) is 14.2. The summed E-state index contributed by atoms with van der Waals surface area (Å²) in [5.41, 5.74) is 2.63. The smallest absolute Gasteiger partial charge is 0.235 e. The summed E-state index contributed by atoms with van der Waals surface area (Å²) in [6.07, 6.45) is 6.21. The number of carbonyl (C=O) groups excluding carboxylic acids is 1. The zero-order valence-corrected chi connectivity index (χ0v) is 12.6. The van der Waals surface area contributed by atoms with E-state index in [2.05, 4.69) is 20.3 Å². The van der Waals surface area contributed by atoms with Gasteiger partial charge in [0.15, 0.2) is 0 Å². The van der Waals surface area contributed by atoms with E-state index >= 15 is 0 Å². The predicted octanol–water partition coefficient (Wildman–Crippen LogP) is 2.33. The number of nitrogens with one attached hydrogen (secondary N) is 1. The lowest BCUT2D eigenvalue weighted by molar-refractivity contribution is -0.116. The molecule has 1 amide bonds. The van der Waals surface area contributed by atoms with Crippen LogP contribution in [0.3, 0.4) is 0 Å². The molecule has 0 atom stereocenters. The highest BCUT2D eigenvalue weighted by Gasteiger charge is 2.24. The van der Waals surface area contributed by atoms with Crippen LogP contribution in [0.2, 0.25) is 0 Å². The molecule has 0 radical (unpaired) electrons. The van der Waals surface area contributed by atoms with Crippen LogP contribution in [-0.2, 0) is 4.79 Å². The van der Waals surface area contributed by atoms with Crippen LogP contribution in [0.15, 0.2) is 12.4 Å². The van der Waals surface area contributed by atoms with Gasteiger partial charge in [-0.3, -0.25) is 9.36 Å². The molecule has 2 aromatic rings. The molecule has 0 unspecified atom stereocenters. The molecule has 0 saturated heterocycles. The van der Waals surface area contributed by atoms with Crippen LogP contribution in [0.25, 0.3) is 5.95 Å². The van der Waals surface area contributed by atoms with Crippen molar-refractivity contribution in [3.63, 3.8) is 0 Å². The Labute approximate surface area is 123 Å². The third-order valence-corrected chi connectivity index (χ3v) is 3.81. The summed E-state index contributed by atoms with van der Waals surface area (Å²) in [6, 6.07) is 0. The minimum Gasteiger partial charge on any atom is -0.323 e. The third-order valence-electron chi connectivity index (χ3n) is 3.81. The molecule has 2 heterocycles. The number of imidazole rings is 1. The van der Waals surface area contributed by atoms with E-state index in [-0.39, 0.29) is 5.91 Å². The van der Waals surface area contributed by atoms with E-state index in [9.17, 15) is 4.79 Å². The second-order valence-corrected chi connectivity index (χ2v) is 5.63. The van der Waals surface area contributed by atoms with E-state index in [0.29, 0.717) is 24.0 Å². The fraction of sp³-hybridized carbons (Fsp3) is 0.467. The SMILES string of the molecule is Cc1nc(C)n(-c2ncc(NC(=O)CC3CC3)cn2)c1C. The van der Waals surface area contributed by atoms with Crippen LogP contribution >= 0.6 is 0 Å². The van der Waals surface area contributed by atoms with Gasteiger partial charge in [0.05, 0.1) is 23.8 Å². The monoisotopic (exact) mass is 285 g/mol. The molecule has 1 aliphatic rings. The fourth-order valence-electron chi connectivity index (χ4n) is 2.37. The molecule has 3 rings (SSSR count). The molecule has 0 spiro atoms. The van der Waals surface area contributed by atoms with Gasteiger partial charge in [-0.15, -0.1) is 0 Å². The highest BCUT2D eigenvalue weighted by Crippen LogP contribution is 2.32. The number of amides is 1. The van der Waals surface area contributed by atoms with Gasteiger partial charge in [-0.25, -0.2) is 15.0 Å². The Kier molecular flexibility index (Phi) is 3.45. The van der Waals surface area contributed by atoms with Gasteiger partial charge in [-0.1, -0.05) is 0 Å². The summed E-state index contributed by atoms with van der Waals surface area (Å²) in [7, 11) is 0. The molecule has 6 nitrogen and oxygen atoms in total. The van der Waals surface area contributed by atoms with Crippen molar-refractivity contribution in [2.75, 3.05) is 5.32 Å². The number of aromatic nitrogens is 4. The standard InChI is InChI=1S/C15H19N5O/c1-9-10(2)20(11(3)18-9)15-16-7-13(8-17-15)19-14(21)6-12-4-5-12/h7-8,12H,4-6H2,1-3H3,(H,19,21). The second-order valence-electron chi connectivity index (χ2n) is 5.63. The van der Waals surface area contributed by atoms with Crippen LogP contribution in [0, 0.1) is 26.7 Å². The lowest BCUT2D eigenvalue weighted by Crippen LogP contribution is -2.13. The summed E-state index contributed by atoms with van der Waals surface area (Å²) in [4.78, 5) is 24.8. The first-order valence-corrected chi connectivity index (χ1v) is 7.19. The van der Waals surface area contributed by atoms with Gasteiger partial charge in [0.25, 0.3) is 0 Å². The van der Waals surface area contributed by atoms with Crippen molar-refractivity contribution in [3.8, 4) is 5.95 Å². The number of hydrogen-bond acceptors (Lipinski definition) is 4. The minimum atomic E-state index is 0.0414. The zero-order valence-electron chi connectivity index (χ0n) is 12.6. The lowest BCUT2D eigenvalue weighted by Gasteiger charge is -2.07. The topological polar surface area (TPSA) is 72.7 Å². The molecule has 0 aliphatic heterocycles. The van der Waals surface area contributed by atoms with Gasteiger partial charge in [0.2, 0.25) is 11.9 Å². The zero-order chi connectivity index (χ0) is 15.0. The number of nitrogens with zero attached hydrogens (tertiary/aromatic N) is 4. The van der Waals surface area contributed by atoms with Gasteiger partial charge in [-0.05, 0) is 39.5 Å². The lowest BCUT2D eigenvalue weighted by atomic mass is 10.3. The summed E-state index contributed by atoms with van der Waals surface area (Å²) >= 11 is 0. The molecular weight excluding hydrogens is 266 g/mol. The van der Waals surface area contributed by atoms with Gasteiger partial charge < -0.3 is 5.32 Å². The van der Waals surface area contributed by atoms with Gasteiger partial charge in [-0.2, -0.15) is 0 Å². The maximum atomic E-state index is 11.7. The highest BCUT2D eigenvalue weighted by atomic mass is 16.1. The second kappa shape index (κ2) is 5.27. The van der Waals surface area contributed by atoms with Crippen molar-refractivity contribution in [1.82, 2.24) is 19.5 Å². The number of anilines is 1. The van der Waals surface area contributed by atoms with E-state index in [1.165, 1.54) is 12.8 Å². The molecule has 1 aliphatic carbocycles. The Morgan fingerprint density at radius 3 is 2.48 bits per heavy atom. The number of carbonyl (C=O) groups is 1. The Morgan fingerprint density at radius 2 is 1.95 bits per heavy atom. The van der Waals surface area contributed by atoms with E-state index < -0.39 is 0 Å². The summed E-state index contributed by atoms with van der Waals surface area (Å²) in [6.45, 7) is 5.88. The quantitative estimate of drug-likeness (QED) is 0.935. The summed E-state index contributed by atoms with van der Waals surface area (Å²) in [5.74, 6) is 2.05. The number of hydrogen-bond donors (Lipinski definition) is 1. The van der Waals surface area contributed by atoms with Crippen LogP contribution in [0.1, 0.15) is 36.5 Å². The maximum Gasteiger partial charge on any atom is 0.235 e. The van der Waals surface area contributed by atoms with Crippen molar-refractivity contribution in [1.29, 1.82) is 0 Å². The van der Waals surface area contributed by atoms with Gasteiger partial charge in [0, 0.05) is 12.1 Å². The Balaban J connectivity index is 1.75. The Bertz CT molecular complexity index is 670. The van der Waals surface area contributed by atoms with Crippen LogP contribution < -0.4 is 5.32 Å². The van der Waals surface area contributed by atoms with Gasteiger partial charge in [0.1, 0.15) is 5.82 Å². The molecule has 0 bridgehead atoms. The predicted molar refractivity (Wildman–Crippen MR) is 79.3 cm³/mol. The Morgan fingerprint density at radius 1 is 1.29 bits per heavy atom. The largest absolute Gasteiger partial charge is 0.323 e. The highest BCUT2D eigenvalue weighted by molar-refractivity contribution is 5.90. The summed E-state index contributed by atoms with van der Waals surface area (Å²) < 4.78 is 1.91.